The number of hydrogen-bond donors (Lipinski definition) is 2. The van der Waals surface area contributed by atoms with Gasteiger partial charge < -0.3 is 15.0 Å². The fourth-order valence-electron chi connectivity index (χ4n) is 3.72. The van der Waals surface area contributed by atoms with Crippen LogP contribution in [0.15, 0.2) is 46.7 Å². The summed E-state index contributed by atoms with van der Waals surface area (Å²) in [6.07, 6.45) is 2.63. The number of benzene rings is 1. The fraction of sp³-hybridized carbons (Fsp3) is 0.478. The first-order chi connectivity index (χ1) is 15.9. The number of carbonyl (C=O) groups is 2. The van der Waals surface area contributed by atoms with Crippen molar-refractivity contribution in [1.29, 1.82) is 0 Å². The zero-order chi connectivity index (χ0) is 23.7. The highest BCUT2D eigenvalue weighted by atomic mass is 32.2. The van der Waals surface area contributed by atoms with Gasteiger partial charge in [0.1, 0.15) is 0 Å². The third kappa shape index (κ3) is 7.36. The van der Waals surface area contributed by atoms with E-state index in [-0.39, 0.29) is 22.6 Å². The van der Waals surface area contributed by atoms with Crippen LogP contribution < -0.4 is 10.0 Å². The lowest BCUT2D eigenvalue weighted by molar-refractivity contribution is -0.126. The molecule has 1 aliphatic heterocycles. The van der Waals surface area contributed by atoms with Crippen molar-refractivity contribution in [3.05, 3.63) is 52.2 Å². The molecule has 1 aliphatic rings. The molecule has 1 aromatic heterocycles. The van der Waals surface area contributed by atoms with Crippen LogP contribution in [0.3, 0.4) is 0 Å². The Morgan fingerprint density at radius 1 is 1.12 bits per heavy atom. The van der Waals surface area contributed by atoms with Crippen LogP contribution in [0.25, 0.3) is 0 Å². The van der Waals surface area contributed by atoms with Gasteiger partial charge in [-0.2, -0.15) is 0 Å². The number of amides is 2. The van der Waals surface area contributed by atoms with E-state index in [1.807, 2.05) is 17.5 Å². The number of thiophene rings is 1. The van der Waals surface area contributed by atoms with Crippen molar-refractivity contribution < 1.29 is 22.7 Å². The average Bonchev–Trinajstić information content (AvgIpc) is 3.35. The second-order valence-corrected chi connectivity index (χ2v) is 10.8. The average molecular weight is 494 g/mol. The Kier molecular flexibility index (Phi) is 9.42. The molecule has 2 N–H and O–H groups in total. The van der Waals surface area contributed by atoms with E-state index in [4.69, 9.17) is 4.74 Å². The molecule has 10 heteroatoms. The molecular formula is C23H31N3O5S2. The largest absolute Gasteiger partial charge is 0.385 e. The Balaban J connectivity index is 1.47. The third-order valence-corrected chi connectivity index (χ3v) is 8.05. The van der Waals surface area contributed by atoms with Crippen molar-refractivity contribution in [3.63, 3.8) is 0 Å². The monoisotopic (exact) mass is 493 g/mol. The summed E-state index contributed by atoms with van der Waals surface area (Å²) in [6.45, 7) is 2.51. The van der Waals surface area contributed by atoms with Crippen molar-refractivity contribution in [3.8, 4) is 0 Å². The number of hydrogen-bond acceptors (Lipinski definition) is 6. The molecule has 0 atom stereocenters. The molecular weight excluding hydrogens is 462 g/mol. The maximum Gasteiger partial charge on any atom is 0.253 e. The standard InChI is InChI=1S/C23H31N3O5S2/c1-31-16-3-12-24-22(27)18-10-14-26(15-11-18)23(28)19-5-7-21(8-6-19)33(29,30)25-13-9-20-4-2-17-32-20/h2,4-8,17-18,25H,3,9-16H2,1H3,(H,24,27). The van der Waals surface area contributed by atoms with E-state index >= 15 is 0 Å². The molecule has 0 saturated carbocycles. The summed E-state index contributed by atoms with van der Waals surface area (Å²) in [5.41, 5.74) is 0.440. The number of methoxy groups -OCH3 is 1. The highest BCUT2D eigenvalue weighted by molar-refractivity contribution is 7.89. The highest BCUT2D eigenvalue weighted by Gasteiger charge is 2.27. The van der Waals surface area contributed by atoms with Gasteiger partial charge in [0, 0.05) is 56.3 Å². The minimum atomic E-state index is -3.63. The molecule has 1 saturated heterocycles. The lowest BCUT2D eigenvalue weighted by Gasteiger charge is -2.31. The maximum absolute atomic E-state index is 12.8. The number of likely N-dealkylation sites (tertiary alicyclic amines) is 1. The molecule has 0 unspecified atom stereocenters. The van der Waals surface area contributed by atoms with Gasteiger partial charge in [-0.15, -0.1) is 11.3 Å². The molecule has 0 bridgehead atoms. The summed E-state index contributed by atoms with van der Waals surface area (Å²) in [7, 11) is -2.00. The lowest BCUT2D eigenvalue weighted by Crippen LogP contribution is -2.43. The predicted octanol–water partition coefficient (Wildman–Crippen LogP) is 2.27. The molecule has 1 aromatic carbocycles. The van der Waals surface area contributed by atoms with E-state index in [1.54, 1.807) is 35.5 Å². The summed E-state index contributed by atoms with van der Waals surface area (Å²) in [6, 6.07) is 9.92. The predicted molar refractivity (Wildman–Crippen MR) is 128 cm³/mol. The normalized spacial score (nSPS) is 14.9. The molecule has 0 spiro atoms. The molecule has 2 aromatic rings. The number of sulfonamides is 1. The molecule has 0 radical (unpaired) electrons. The van der Waals surface area contributed by atoms with E-state index in [2.05, 4.69) is 10.0 Å². The van der Waals surface area contributed by atoms with Crippen LogP contribution in [-0.4, -0.2) is 65.0 Å². The van der Waals surface area contributed by atoms with Gasteiger partial charge in [0.05, 0.1) is 4.90 Å². The quantitative estimate of drug-likeness (QED) is 0.467. The van der Waals surface area contributed by atoms with Crippen molar-refractivity contribution >= 4 is 33.2 Å². The molecule has 180 valence electrons. The van der Waals surface area contributed by atoms with Gasteiger partial charge >= 0.3 is 0 Å². The second kappa shape index (κ2) is 12.3. The van der Waals surface area contributed by atoms with Crippen LogP contribution in [0.5, 0.6) is 0 Å². The van der Waals surface area contributed by atoms with Gasteiger partial charge in [0.15, 0.2) is 0 Å². The lowest BCUT2D eigenvalue weighted by atomic mass is 9.95. The van der Waals surface area contributed by atoms with Crippen LogP contribution in [0.1, 0.15) is 34.5 Å². The van der Waals surface area contributed by atoms with Crippen molar-refractivity contribution in [2.24, 2.45) is 5.92 Å². The summed E-state index contributed by atoms with van der Waals surface area (Å²) >= 11 is 1.59. The first-order valence-electron chi connectivity index (χ1n) is 11.1. The van der Waals surface area contributed by atoms with Crippen LogP contribution in [-0.2, 0) is 26.0 Å². The Labute approximate surface area is 199 Å². The van der Waals surface area contributed by atoms with Gasteiger partial charge in [-0.25, -0.2) is 13.1 Å². The zero-order valence-corrected chi connectivity index (χ0v) is 20.4. The van der Waals surface area contributed by atoms with Crippen LogP contribution in [0, 0.1) is 5.92 Å². The molecule has 33 heavy (non-hydrogen) atoms. The smallest absolute Gasteiger partial charge is 0.253 e. The number of ether oxygens (including phenoxy) is 1. The molecule has 0 aliphatic carbocycles. The number of rotatable bonds is 11. The van der Waals surface area contributed by atoms with Crippen molar-refractivity contribution in [1.82, 2.24) is 14.9 Å². The number of piperidine rings is 1. The molecule has 8 nitrogen and oxygen atoms in total. The SMILES string of the molecule is COCCCNC(=O)C1CCN(C(=O)c2ccc(S(=O)(=O)NCCc3cccs3)cc2)CC1. The molecule has 2 heterocycles. The molecule has 1 fully saturated rings. The van der Waals surface area contributed by atoms with E-state index in [0.717, 1.165) is 11.3 Å². The fourth-order valence-corrected chi connectivity index (χ4v) is 5.46. The van der Waals surface area contributed by atoms with Gasteiger partial charge in [-0.1, -0.05) is 6.07 Å². The Hall–Kier alpha value is -2.27. The number of carbonyl (C=O) groups excluding carboxylic acids is 2. The summed E-state index contributed by atoms with van der Waals surface area (Å²) in [5.74, 6) is -0.215. The van der Waals surface area contributed by atoms with Gasteiger partial charge in [0.2, 0.25) is 15.9 Å². The Morgan fingerprint density at radius 2 is 1.85 bits per heavy atom. The van der Waals surface area contributed by atoms with Gasteiger partial charge in [-0.3, -0.25) is 9.59 Å². The summed E-state index contributed by atoms with van der Waals surface area (Å²) in [4.78, 5) is 28.1. The van der Waals surface area contributed by atoms with E-state index in [0.29, 0.717) is 57.6 Å². The van der Waals surface area contributed by atoms with Gasteiger partial charge in [0.25, 0.3) is 5.91 Å². The number of nitrogens with zero attached hydrogens (tertiary/aromatic N) is 1. The maximum atomic E-state index is 12.8. The van der Waals surface area contributed by atoms with E-state index in [9.17, 15) is 18.0 Å². The van der Waals surface area contributed by atoms with Crippen LogP contribution in [0.2, 0.25) is 0 Å². The van der Waals surface area contributed by atoms with E-state index < -0.39 is 10.0 Å². The van der Waals surface area contributed by atoms with Gasteiger partial charge in [-0.05, 0) is 61.4 Å². The number of nitrogens with one attached hydrogen (secondary N) is 2. The highest BCUT2D eigenvalue weighted by Crippen LogP contribution is 2.20. The van der Waals surface area contributed by atoms with E-state index in [1.165, 1.54) is 12.1 Å². The topological polar surface area (TPSA) is 105 Å². The second-order valence-electron chi connectivity index (χ2n) is 7.96. The molecule has 2 amide bonds. The minimum absolute atomic E-state index is 0.0272. The van der Waals surface area contributed by atoms with Crippen molar-refractivity contribution in [2.45, 2.75) is 30.6 Å². The summed E-state index contributed by atoms with van der Waals surface area (Å²) < 4.78 is 32.6. The first-order valence-corrected chi connectivity index (χ1v) is 13.4. The van der Waals surface area contributed by atoms with Crippen LogP contribution in [0.4, 0.5) is 0 Å². The van der Waals surface area contributed by atoms with Crippen molar-refractivity contribution in [2.75, 3.05) is 39.9 Å². The first kappa shape index (κ1) is 25.4. The minimum Gasteiger partial charge on any atom is -0.385 e. The summed E-state index contributed by atoms with van der Waals surface area (Å²) in [5, 5.41) is 4.88. The zero-order valence-electron chi connectivity index (χ0n) is 18.8. The third-order valence-electron chi connectivity index (χ3n) is 5.63. The molecule has 3 rings (SSSR count). The van der Waals surface area contributed by atoms with Crippen LogP contribution >= 0.6 is 11.3 Å². The Bertz CT molecular complexity index is 999. The Morgan fingerprint density at radius 3 is 2.48 bits per heavy atom.